The first-order valence-electron chi connectivity index (χ1n) is 5.46. The Labute approximate surface area is 103 Å². The van der Waals surface area contributed by atoms with Crippen LogP contribution in [-0.4, -0.2) is 22.2 Å². The average molecular weight is 286 g/mol. The molecule has 4 N–H and O–H groups in total. The molecule has 4 nitrogen and oxygen atoms in total. The minimum Gasteiger partial charge on any atom is -0.396 e. The van der Waals surface area contributed by atoms with Gasteiger partial charge >= 0.3 is 0 Å². The number of nitrogens with one attached hydrogen (secondary N) is 1. The second-order valence-corrected chi connectivity index (χ2v) is 5.22. The Hall–Kier alpha value is -0.810. The standard InChI is InChI=1S/C11H16BrN3O/c12-8-5-14-6-9(13)10(8)15-7-11(16)3-1-2-4-11/h5-6,16H,1-4,7,13H2,(H,14,15). The lowest BCUT2D eigenvalue weighted by Gasteiger charge is -2.23. The van der Waals surface area contributed by atoms with Crippen molar-refractivity contribution in [2.45, 2.75) is 31.3 Å². The summed E-state index contributed by atoms with van der Waals surface area (Å²) >= 11 is 3.39. The zero-order valence-corrected chi connectivity index (χ0v) is 10.6. The molecule has 0 bridgehead atoms. The van der Waals surface area contributed by atoms with E-state index in [0.717, 1.165) is 35.8 Å². The van der Waals surface area contributed by atoms with Gasteiger partial charge in [-0.3, -0.25) is 4.98 Å². The lowest BCUT2D eigenvalue weighted by atomic mass is 10.0. The fourth-order valence-corrected chi connectivity index (χ4v) is 2.59. The number of rotatable bonds is 3. The van der Waals surface area contributed by atoms with Crippen molar-refractivity contribution in [3.63, 3.8) is 0 Å². The number of nitrogens with two attached hydrogens (primary N) is 1. The van der Waals surface area contributed by atoms with E-state index < -0.39 is 5.60 Å². The highest BCUT2D eigenvalue weighted by atomic mass is 79.9. The Bertz CT molecular complexity index is 357. The number of hydrogen-bond acceptors (Lipinski definition) is 4. The molecule has 1 aliphatic rings. The van der Waals surface area contributed by atoms with Crippen LogP contribution >= 0.6 is 15.9 Å². The molecule has 0 atom stereocenters. The highest BCUT2D eigenvalue weighted by Crippen LogP contribution is 2.32. The topological polar surface area (TPSA) is 71.2 Å². The lowest BCUT2D eigenvalue weighted by Crippen LogP contribution is -2.33. The van der Waals surface area contributed by atoms with Crippen LogP contribution in [0.25, 0.3) is 0 Å². The molecule has 1 saturated carbocycles. The zero-order chi connectivity index (χ0) is 11.6. The van der Waals surface area contributed by atoms with Crippen molar-refractivity contribution in [1.29, 1.82) is 0 Å². The summed E-state index contributed by atoms with van der Waals surface area (Å²) in [7, 11) is 0. The molecular weight excluding hydrogens is 270 g/mol. The van der Waals surface area contributed by atoms with Crippen LogP contribution in [-0.2, 0) is 0 Å². The van der Waals surface area contributed by atoms with Gasteiger partial charge in [0.1, 0.15) is 0 Å². The van der Waals surface area contributed by atoms with Crippen molar-refractivity contribution in [2.24, 2.45) is 0 Å². The van der Waals surface area contributed by atoms with E-state index >= 15 is 0 Å². The second kappa shape index (κ2) is 4.59. The smallest absolute Gasteiger partial charge is 0.0819 e. The van der Waals surface area contributed by atoms with Crippen LogP contribution in [0.3, 0.4) is 0 Å². The van der Waals surface area contributed by atoms with Gasteiger partial charge in [0, 0.05) is 12.7 Å². The molecule has 0 unspecified atom stereocenters. The van der Waals surface area contributed by atoms with E-state index in [0.29, 0.717) is 12.2 Å². The SMILES string of the molecule is Nc1cncc(Br)c1NCC1(O)CCCC1. The van der Waals surface area contributed by atoms with Gasteiger partial charge in [-0.05, 0) is 28.8 Å². The molecule has 1 heterocycles. The molecule has 0 amide bonds. The number of nitrogens with zero attached hydrogens (tertiary/aromatic N) is 1. The van der Waals surface area contributed by atoms with Gasteiger partial charge in [0.05, 0.1) is 27.6 Å². The van der Waals surface area contributed by atoms with Crippen LogP contribution in [0.4, 0.5) is 11.4 Å². The van der Waals surface area contributed by atoms with E-state index in [2.05, 4.69) is 26.2 Å². The molecule has 2 rings (SSSR count). The maximum absolute atomic E-state index is 10.2. The number of pyridine rings is 1. The molecule has 1 fully saturated rings. The van der Waals surface area contributed by atoms with Gasteiger partial charge in [-0.1, -0.05) is 12.8 Å². The molecule has 1 aliphatic carbocycles. The van der Waals surface area contributed by atoms with Crippen molar-refractivity contribution >= 4 is 27.3 Å². The van der Waals surface area contributed by atoms with Gasteiger partial charge in [-0.25, -0.2) is 0 Å². The number of aliphatic hydroxyl groups is 1. The highest BCUT2D eigenvalue weighted by molar-refractivity contribution is 9.10. The third kappa shape index (κ3) is 2.47. The number of anilines is 2. The predicted molar refractivity (Wildman–Crippen MR) is 68.3 cm³/mol. The van der Waals surface area contributed by atoms with Gasteiger partial charge in [-0.15, -0.1) is 0 Å². The van der Waals surface area contributed by atoms with Gasteiger partial charge in [-0.2, -0.15) is 0 Å². The highest BCUT2D eigenvalue weighted by Gasteiger charge is 2.30. The lowest BCUT2D eigenvalue weighted by molar-refractivity contribution is 0.0615. The summed E-state index contributed by atoms with van der Waals surface area (Å²) in [5.41, 5.74) is 6.65. The van der Waals surface area contributed by atoms with Gasteiger partial charge < -0.3 is 16.2 Å². The molecule has 0 saturated heterocycles. The Balaban J connectivity index is 2.04. The molecule has 0 aliphatic heterocycles. The first-order valence-corrected chi connectivity index (χ1v) is 6.25. The number of halogens is 1. The summed E-state index contributed by atoms with van der Waals surface area (Å²) in [4.78, 5) is 3.97. The zero-order valence-electron chi connectivity index (χ0n) is 9.04. The Morgan fingerprint density at radius 3 is 2.75 bits per heavy atom. The van der Waals surface area contributed by atoms with Crippen molar-refractivity contribution < 1.29 is 5.11 Å². The molecule has 5 heteroatoms. The number of hydrogen-bond donors (Lipinski definition) is 3. The molecule has 0 radical (unpaired) electrons. The van der Waals surface area contributed by atoms with Crippen LogP contribution in [0.15, 0.2) is 16.9 Å². The van der Waals surface area contributed by atoms with E-state index in [1.807, 2.05) is 0 Å². The van der Waals surface area contributed by atoms with E-state index in [1.165, 1.54) is 0 Å². The van der Waals surface area contributed by atoms with Crippen LogP contribution in [0.2, 0.25) is 0 Å². The predicted octanol–water partition coefficient (Wildman–Crippen LogP) is 2.14. The normalized spacial score (nSPS) is 18.6. The molecule has 0 spiro atoms. The Morgan fingerprint density at radius 2 is 2.12 bits per heavy atom. The summed E-state index contributed by atoms with van der Waals surface area (Å²) < 4.78 is 0.828. The molecule has 0 aromatic carbocycles. The maximum Gasteiger partial charge on any atom is 0.0819 e. The molecular formula is C11H16BrN3O. The third-order valence-electron chi connectivity index (χ3n) is 3.06. The van der Waals surface area contributed by atoms with Crippen molar-refractivity contribution in [2.75, 3.05) is 17.6 Å². The first kappa shape index (κ1) is 11.7. The fourth-order valence-electron chi connectivity index (χ4n) is 2.10. The molecule has 1 aromatic rings. The second-order valence-electron chi connectivity index (χ2n) is 4.37. The Kier molecular flexibility index (Phi) is 3.35. The molecule has 88 valence electrons. The first-order chi connectivity index (χ1) is 7.61. The van der Waals surface area contributed by atoms with Crippen molar-refractivity contribution in [3.05, 3.63) is 16.9 Å². The van der Waals surface area contributed by atoms with Crippen LogP contribution in [0.5, 0.6) is 0 Å². The summed E-state index contributed by atoms with van der Waals surface area (Å²) in [6, 6.07) is 0. The summed E-state index contributed by atoms with van der Waals surface area (Å²) in [6.45, 7) is 0.541. The van der Waals surface area contributed by atoms with E-state index in [4.69, 9.17) is 5.73 Å². The monoisotopic (exact) mass is 285 g/mol. The van der Waals surface area contributed by atoms with Crippen LogP contribution in [0.1, 0.15) is 25.7 Å². The van der Waals surface area contributed by atoms with Crippen molar-refractivity contribution in [3.8, 4) is 0 Å². The van der Waals surface area contributed by atoms with E-state index in [9.17, 15) is 5.11 Å². The summed E-state index contributed by atoms with van der Waals surface area (Å²) in [6.07, 6.45) is 7.23. The minimum atomic E-state index is -0.574. The third-order valence-corrected chi connectivity index (χ3v) is 3.66. The van der Waals surface area contributed by atoms with E-state index in [1.54, 1.807) is 12.4 Å². The minimum absolute atomic E-state index is 0.541. The fraction of sp³-hybridized carbons (Fsp3) is 0.545. The Morgan fingerprint density at radius 1 is 1.44 bits per heavy atom. The van der Waals surface area contributed by atoms with Gasteiger partial charge in [0.2, 0.25) is 0 Å². The van der Waals surface area contributed by atoms with Gasteiger partial charge in [0.25, 0.3) is 0 Å². The number of nitrogen functional groups attached to an aromatic ring is 1. The summed E-state index contributed by atoms with van der Waals surface area (Å²) in [5.74, 6) is 0. The maximum atomic E-state index is 10.2. The van der Waals surface area contributed by atoms with E-state index in [-0.39, 0.29) is 0 Å². The molecule has 16 heavy (non-hydrogen) atoms. The number of aromatic nitrogens is 1. The van der Waals surface area contributed by atoms with Crippen LogP contribution < -0.4 is 11.1 Å². The van der Waals surface area contributed by atoms with Gasteiger partial charge in [0.15, 0.2) is 0 Å². The largest absolute Gasteiger partial charge is 0.396 e. The van der Waals surface area contributed by atoms with Crippen LogP contribution in [0, 0.1) is 0 Å². The quantitative estimate of drug-likeness (QED) is 0.796. The summed E-state index contributed by atoms with van der Waals surface area (Å²) in [5, 5.41) is 13.4. The van der Waals surface area contributed by atoms with Crippen molar-refractivity contribution in [1.82, 2.24) is 4.98 Å². The average Bonchev–Trinajstić information content (AvgIpc) is 2.65. The molecule has 1 aromatic heterocycles.